The molecule has 1 heterocycles. The predicted molar refractivity (Wildman–Crippen MR) is 98.7 cm³/mol. The highest BCUT2D eigenvalue weighted by molar-refractivity contribution is 9.10. The Morgan fingerprint density at radius 1 is 1.36 bits per heavy atom. The van der Waals surface area contributed by atoms with Crippen LogP contribution in [-0.2, 0) is 16.0 Å². The van der Waals surface area contributed by atoms with Gasteiger partial charge in [-0.15, -0.1) is 10.2 Å². The number of amides is 2. The maximum Gasteiger partial charge on any atom is 0.247 e. The van der Waals surface area contributed by atoms with Crippen molar-refractivity contribution in [3.8, 4) is 5.75 Å². The van der Waals surface area contributed by atoms with Gasteiger partial charge in [-0.3, -0.25) is 9.59 Å². The first kappa shape index (κ1) is 19.0. The number of anilines is 1. The maximum atomic E-state index is 11.8. The van der Waals surface area contributed by atoms with E-state index >= 15 is 0 Å². The van der Waals surface area contributed by atoms with Crippen molar-refractivity contribution in [1.29, 1.82) is 0 Å². The monoisotopic (exact) mass is 425 g/mol. The molecule has 1 aromatic heterocycles. The van der Waals surface area contributed by atoms with Gasteiger partial charge in [-0.05, 0) is 24.6 Å². The third kappa shape index (κ3) is 6.24. The number of hydrogen-bond acceptors (Lipinski definition) is 7. The Labute approximate surface area is 156 Å². The summed E-state index contributed by atoms with van der Waals surface area (Å²) in [6.07, 6.45) is 2.48. The van der Waals surface area contributed by atoms with Gasteiger partial charge in [-0.2, -0.15) is 5.10 Å². The van der Waals surface area contributed by atoms with Crippen LogP contribution in [0.2, 0.25) is 0 Å². The summed E-state index contributed by atoms with van der Waals surface area (Å²) >= 11 is 4.42. The van der Waals surface area contributed by atoms with E-state index in [9.17, 15) is 14.7 Å². The average Bonchev–Trinajstić information content (AvgIpc) is 2.97. The molecule has 0 aliphatic rings. The highest BCUT2D eigenvalue weighted by Crippen LogP contribution is 2.20. The molecule has 0 radical (unpaired) electrons. The van der Waals surface area contributed by atoms with Gasteiger partial charge >= 0.3 is 0 Å². The summed E-state index contributed by atoms with van der Waals surface area (Å²) in [4.78, 5) is 23.3. The number of nitrogens with zero attached hydrogens (tertiary/aromatic N) is 3. The van der Waals surface area contributed by atoms with Crippen LogP contribution in [0, 0.1) is 0 Å². The molecule has 25 heavy (non-hydrogen) atoms. The molecule has 2 amide bonds. The number of hydrazone groups is 1. The van der Waals surface area contributed by atoms with Crippen LogP contribution >= 0.6 is 27.3 Å². The molecule has 0 aliphatic heterocycles. The number of benzene rings is 1. The highest BCUT2D eigenvalue weighted by Gasteiger charge is 2.10. The largest absolute Gasteiger partial charge is 0.507 e. The third-order valence-electron chi connectivity index (χ3n) is 2.88. The molecule has 10 heteroatoms. The van der Waals surface area contributed by atoms with Gasteiger partial charge in [0.15, 0.2) is 0 Å². The number of hydrogen-bond donors (Lipinski definition) is 3. The van der Waals surface area contributed by atoms with Gasteiger partial charge < -0.3 is 10.4 Å². The standard InChI is InChI=1S/C15H16BrN5O3S/c1-2-3-12(23)18-15-21-20-14(25-15)7-13(24)19-17-8-9-6-10(16)4-5-11(9)22/h4-6,8,22H,2-3,7H2,1H3,(H,19,24)(H,18,21,23). The molecule has 1 aromatic carbocycles. The number of phenolic OH excluding ortho intramolecular Hbond substituents is 1. The molecule has 2 rings (SSSR count). The zero-order chi connectivity index (χ0) is 18.2. The average molecular weight is 426 g/mol. The lowest BCUT2D eigenvalue weighted by molar-refractivity contribution is -0.120. The zero-order valence-electron chi connectivity index (χ0n) is 13.3. The first-order valence-corrected chi connectivity index (χ1v) is 9.01. The van der Waals surface area contributed by atoms with Crippen LogP contribution < -0.4 is 10.7 Å². The van der Waals surface area contributed by atoms with Crippen LogP contribution in [0.15, 0.2) is 27.8 Å². The van der Waals surface area contributed by atoms with Gasteiger partial charge in [0.25, 0.3) is 0 Å². The van der Waals surface area contributed by atoms with E-state index in [1.807, 2.05) is 6.92 Å². The summed E-state index contributed by atoms with van der Waals surface area (Å²) < 4.78 is 0.782. The lowest BCUT2D eigenvalue weighted by atomic mass is 10.2. The van der Waals surface area contributed by atoms with E-state index in [-0.39, 0.29) is 24.0 Å². The topological polar surface area (TPSA) is 117 Å². The quantitative estimate of drug-likeness (QED) is 0.465. The van der Waals surface area contributed by atoms with Crippen LogP contribution in [-0.4, -0.2) is 33.3 Å². The Kier molecular flexibility index (Phi) is 7.02. The summed E-state index contributed by atoms with van der Waals surface area (Å²) in [5.74, 6) is -0.459. The molecule has 3 N–H and O–H groups in total. The molecule has 8 nitrogen and oxygen atoms in total. The number of nitrogens with one attached hydrogen (secondary N) is 2. The molecule has 0 saturated carbocycles. The molecule has 2 aromatic rings. The van der Waals surface area contributed by atoms with Crippen molar-refractivity contribution >= 4 is 50.4 Å². The molecular weight excluding hydrogens is 410 g/mol. The molecule has 0 unspecified atom stereocenters. The van der Waals surface area contributed by atoms with Gasteiger partial charge in [0.2, 0.25) is 16.9 Å². The molecule has 0 fully saturated rings. The Morgan fingerprint density at radius 2 is 2.16 bits per heavy atom. The Balaban J connectivity index is 1.86. The Bertz CT molecular complexity index is 793. The zero-order valence-corrected chi connectivity index (χ0v) is 15.7. The second-order valence-electron chi connectivity index (χ2n) is 4.97. The van der Waals surface area contributed by atoms with Gasteiger partial charge in [-0.25, -0.2) is 5.43 Å². The van der Waals surface area contributed by atoms with Gasteiger partial charge in [0.05, 0.1) is 12.6 Å². The molecule has 0 aliphatic carbocycles. The van der Waals surface area contributed by atoms with E-state index < -0.39 is 0 Å². The number of carbonyl (C=O) groups excluding carboxylic acids is 2. The smallest absolute Gasteiger partial charge is 0.247 e. The van der Waals surface area contributed by atoms with Crippen molar-refractivity contribution < 1.29 is 14.7 Å². The number of rotatable bonds is 7. The maximum absolute atomic E-state index is 11.8. The minimum absolute atomic E-state index is 0.0108. The Hall–Kier alpha value is -2.33. The second-order valence-corrected chi connectivity index (χ2v) is 6.95. The fourth-order valence-corrected chi connectivity index (χ4v) is 2.90. The van der Waals surface area contributed by atoms with Crippen molar-refractivity contribution in [3.63, 3.8) is 0 Å². The van der Waals surface area contributed by atoms with Crippen molar-refractivity contribution in [3.05, 3.63) is 33.2 Å². The predicted octanol–water partition coefficient (Wildman–Crippen LogP) is 2.44. The third-order valence-corrected chi connectivity index (χ3v) is 4.22. The minimum Gasteiger partial charge on any atom is -0.507 e. The van der Waals surface area contributed by atoms with Gasteiger partial charge in [-0.1, -0.05) is 34.2 Å². The van der Waals surface area contributed by atoms with Crippen LogP contribution in [0.5, 0.6) is 5.75 Å². The lowest BCUT2D eigenvalue weighted by Gasteiger charge is -2.00. The SMILES string of the molecule is CCCC(=O)Nc1nnc(CC(=O)NN=Cc2cc(Br)ccc2O)s1. The first-order valence-electron chi connectivity index (χ1n) is 7.40. The number of phenols is 1. The van der Waals surface area contributed by atoms with Gasteiger partial charge in [0, 0.05) is 16.5 Å². The van der Waals surface area contributed by atoms with E-state index in [1.165, 1.54) is 12.3 Å². The van der Waals surface area contributed by atoms with Crippen LogP contribution in [0.4, 0.5) is 5.13 Å². The summed E-state index contributed by atoms with van der Waals surface area (Å²) in [6.45, 7) is 1.91. The normalized spacial score (nSPS) is 10.8. The number of halogens is 1. The molecule has 0 bridgehead atoms. The Morgan fingerprint density at radius 3 is 2.92 bits per heavy atom. The fraction of sp³-hybridized carbons (Fsp3) is 0.267. The van der Waals surface area contributed by atoms with Crippen LogP contribution in [0.1, 0.15) is 30.3 Å². The fourth-order valence-electron chi connectivity index (χ4n) is 1.76. The van der Waals surface area contributed by atoms with Crippen LogP contribution in [0.3, 0.4) is 0 Å². The first-order chi connectivity index (χ1) is 12.0. The van der Waals surface area contributed by atoms with E-state index in [4.69, 9.17) is 0 Å². The molecule has 0 saturated heterocycles. The van der Waals surface area contributed by atoms with Crippen molar-refractivity contribution in [2.24, 2.45) is 5.10 Å². The lowest BCUT2D eigenvalue weighted by Crippen LogP contribution is -2.19. The summed E-state index contributed by atoms with van der Waals surface area (Å²) in [5, 5.41) is 24.6. The number of aromatic hydroxyl groups is 1. The molecular formula is C15H16BrN5O3S. The van der Waals surface area contributed by atoms with Crippen molar-refractivity contribution in [1.82, 2.24) is 15.6 Å². The van der Waals surface area contributed by atoms with Crippen LogP contribution in [0.25, 0.3) is 0 Å². The van der Waals surface area contributed by atoms with E-state index in [0.29, 0.717) is 22.1 Å². The molecule has 132 valence electrons. The number of carbonyl (C=O) groups is 2. The van der Waals surface area contributed by atoms with E-state index in [0.717, 1.165) is 22.2 Å². The molecule has 0 spiro atoms. The summed E-state index contributed by atoms with van der Waals surface area (Å²) in [5.41, 5.74) is 2.82. The molecule has 0 atom stereocenters. The summed E-state index contributed by atoms with van der Waals surface area (Å²) in [6, 6.07) is 4.88. The highest BCUT2D eigenvalue weighted by atomic mass is 79.9. The minimum atomic E-state index is -0.381. The van der Waals surface area contributed by atoms with Crippen molar-refractivity contribution in [2.75, 3.05) is 5.32 Å². The van der Waals surface area contributed by atoms with E-state index in [2.05, 4.69) is 42.0 Å². The second kappa shape index (κ2) is 9.23. The summed E-state index contributed by atoms with van der Waals surface area (Å²) in [7, 11) is 0. The van der Waals surface area contributed by atoms with E-state index in [1.54, 1.807) is 12.1 Å². The number of aromatic nitrogens is 2. The van der Waals surface area contributed by atoms with Gasteiger partial charge in [0.1, 0.15) is 10.8 Å². The van der Waals surface area contributed by atoms with Crippen molar-refractivity contribution in [2.45, 2.75) is 26.2 Å².